The predicted octanol–water partition coefficient (Wildman–Crippen LogP) is 19.1. The highest BCUT2D eigenvalue weighted by molar-refractivity contribution is 6.23. The fraction of sp³-hybridized carbons (Fsp3) is 0. The third-order valence-corrected chi connectivity index (χ3v) is 14.0. The quantitative estimate of drug-likeness (QED) is 0.140. The number of hydrogen-bond donors (Lipinski definition) is 0. The zero-order valence-electron chi connectivity index (χ0n) is 37.4. The van der Waals surface area contributed by atoms with Gasteiger partial charge in [0.25, 0.3) is 0 Å². The van der Waals surface area contributed by atoms with Crippen molar-refractivity contribution in [1.29, 1.82) is 0 Å². The van der Waals surface area contributed by atoms with Gasteiger partial charge in [-0.3, -0.25) is 0 Å². The van der Waals surface area contributed by atoms with Crippen LogP contribution >= 0.6 is 0 Å². The van der Waals surface area contributed by atoms with Gasteiger partial charge in [0.05, 0.1) is 0 Å². The molecule has 0 aliphatic rings. The molecule has 0 saturated heterocycles. The molecule has 0 saturated carbocycles. The smallest absolute Gasteiger partial charge is 0.00141 e. The van der Waals surface area contributed by atoms with E-state index >= 15 is 0 Å². The Labute approximate surface area is 396 Å². The molecule has 316 valence electrons. The van der Waals surface area contributed by atoms with Crippen molar-refractivity contribution in [3.8, 4) is 77.9 Å². The maximum Gasteiger partial charge on any atom is -0.00141 e. The first kappa shape index (κ1) is 39.5. The van der Waals surface area contributed by atoms with Crippen molar-refractivity contribution in [2.45, 2.75) is 0 Å². The second-order valence-electron chi connectivity index (χ2n) is 17.9. The molecular formula is C68H44. The molecule has 0 fully saturated rings. The van der Waals surface area contributed by atoms with Crippen molar-refractivity contribution in [3.05, 3.63) is 267 Å². The van der Waals surface area contributed by atoms with Gasteiger partial charge in [-0.05, 0) is 156 Å². The minimum Gasteiger partial charge on any atom is -0.0622 e. The number of fused-ring (bicyclic) bond motifs is 5. The van der Waals surface area contributed by atoms with Gasteiger partial charge in [0.15, 0.2) is 0 Å². The minimum atomic E-state index is 1.17. The van der Waals surface area contributed by atoms with Crippen molar-refractivity contribution >= 4 is 53.9 Å². The molecule has 13 aromatic carbocycles. The molecule has 0 aliphatic carbocycles. The average molecular weight is 861 g/mol. The molecule has 13 rings (SSSR count). The highest BCUT2D eigenvalue weighted by atomic mass is 14.3. The van der Waals surface area contributed by atoms with Crippen molar-refractivity contribution in [3.63, 3.8) is 0 Å². The van der Waals surface area contributed by atoms with Crippen LogP contribution in [0.1, 0.15) is 0 Å². The molecule has 68 heavy (non-hydrogen) atoms. The van der Waals surface area contributed by atoms with E-state index in [9.17, 15) is 0 Å². The molecule has 0 amide bonds. The maximum atomic E-state index is 2.47. The van der Waals surface area contributed by atoms with E-state index in [1.165, 1.54) is 132 Å². The van der Waals surface area contributed by atoms with Gasteiger partial charge in [-0.1, -0.05) is 243 Å². The van der Waals surface area contributed by atoms with E-state index in [0.717, 1.165) is 0 Å². The van der Waals surface area contributed by atoms with Crippen LogP contribution in [0.5, 0.6) is 0 Å². The SMILES string of the molecule is c1ccc(-c2c(-c3ccccc3)c(-c3ccccc3)c3cc(-c4ccc5c(-c6ccc7ccccc7c6)c6ccccc6c(-c6ccc7ccccc7c6)c5c4)ccc3c2-c2ccccc2)cc1. The molecule has 0 atom stereocenters. The van der Waals surface area contributed by atoms with Crippen LogP contribution < -0.4 is 0 Å². The monoisotopic (exact) mass is 860 g/mol. The number of hydrogen-bond acceptors (Lipinski definition) is 0. The maximum absolute atomic E-state index is 2.47. The van der Waals surface area contributed by atoms with Gasteiger partial charge in [0, 0.05) is 0 Å². The van der Waals surface area contributed by atoms with Gasteiger partial charge in [-0.2, -0.15) is 0 Å². The van der Waals surface area contributed by atoms with Gasteiger partial charge in [-0.25, -0.2) is 0 Å². The second-order valence-corrected chi connectivity index (χ2v) is 17.9. The third kappa shape index (κ3) is 6.69. The Balaban J connectivity index is 1.14. The van der Waals surface area contributed by atoms with Crippen LogP contribution in [0.3, 0.4) is 0 Å². The number of rotatable bonds is 7. The molecule has 0 aliphatic heterocycles. The van der Waals surface area contributed by atoms with Crippen molar-refractivity contribution in [2.24, 2.45) is 0 Å². The topological polar surface area (TPSA) is 0 Å². The van der Waals surface area contributed by atoms with E-state index < -0.39 is 0 Å². The van der Waals surface area contributed by atoms with Gasteiger partial charge < -0.3 is 0 Å². The van der Waals surface area contributed by atoms with Crippen LogP contribution in [0.25, 0.3) is 132 Å². The van der Waals surface area contributed by atoms with Crippen molar-refractivity contribution in [1.82, 2.24) is 0 Å². The van der Waals surface area contributed by atoms with E-state index in [-0.39, 0.29) is 0 Å². The fourth-order valence-corrected chi connectivity index (χ4v) is 10.9. The molecular weight excluding hydrogens is 817 g/mol. The lowest BCUT2D eigenvalue weighted by molar-refractivity contribution is 1.56. The average Bonchev–Trinajstić information content (AvgIpc) is 3.42. The summed E-state index contributed by atoms with van der Waals surface area (Å²) in [5.41, 5.74) is 17.0. The standard InChI is InChI=1S/C68H44/c1-5-21-47(22-6-1)65-60-40-38-54(44-62(60)66(48-23-7-2-8-24-48)68(50-27-11-4-12-28-50)67(65)49-25-9-3-10-26-49)53-37-39-59-61(43-53)64(56-36-34-46-20-14-16-30-52(46)42-56)58-32-18-17-31-57(58)63(59)55-35-33-45-19-13-15-29-51(45)41-55/h1-44H. The van der Waals surface area contributed by atoms with E-state index in [0.29, 0.717) is 0 Å². The summed E-state index contributed by atoms with van der Waals surface area (Å²) < 4.78 is 0. The van der Waals surface area contributed by atoms with Gasteiger partial charge in [0.1, 0.15) is 0 Å². The summed E-state index contributed by atoms with van der Waals surface area (Å²) in [6, 6.07) is 98.6. The predicted molar refractivity (Wildman–Crippen MR) is 292 cm³/mol. The summed E-state index contributed by atoms with van der Waals surface area (Å²) in [4.78, 5) is 0. The molecule has 0 heterocycles. The highest BCUT2D eigenvalue weighted by Crippen LogP contribution is 2.52. The molecule has 0 heteroatoms. The zero-order chi connectivity index (χ0) is 45.0. The van der Waals surface area contributed by atoms with Crippen LogP contribution in [0.2, 0.25) is 0 Å². The van der Waals surface area contributed by atoms with Crippen molar-refractivity contribution < 1.29 is 0 Å². The summed E-state index contributed by atoms with van der Waals surface area (Å²) in [7, 11) is 0. The van der Waals surface area contributed by atoms with Crippen molar-refractivity contribution in [2.75, 3.05) is 0 Å². The van der Waals surface area contributed by atoms with Crippen LogP contribution in [-0.4, -0.2) is 0 Å². The Bertz CT molecular complexity index is 4040. The molecule has 0 unspecified atom stereocenters. The molecule has 13 aromatic rings. The second kappa shape index (κ2) is 16.5. The molecule has 0 nitrogen and oxygen atoms in total. The first-order chi connectivity index (χ1) is 33.7. The molecule has 0 bridgehead atoms. The third-order valence-electron chi connectivity index (χ3n) is 14.0. The Morgan fingerprint density at radius 3 is 0.868 bits per heavy atom. The first-order valence-electron chi connectivity index (χ1n) is 23.6. The van der Waals surface area contributed by atoms with Crippen LogP contribution in [0, 0.1) is 0 Å². The van der Waals surface area contributed by atoms with E-state index in [1.807, 2.05) is 0 Å². The first-order valence-corrected chi connectivity index (χ1v) is 23.6. The van der Waals surface area contributed by atoms with E-state index in [1.54, 1.807) is 0 Å². The Kier molecular flexibility index (Phi) is 9.62. The van der Waals surface area contributed by atoms with E-state index in [2.05, 4.69) is 267 Å². The van der Waals surface area contributed by atoms with E-state index in [4.69, 9.17) is 0 Å². The lowest BCUT2D eigenvalue weighted by Crippen LogP contribution is -1.98. The molecule has 0 N–H and O–H groups in total. The molecule has 0 spiro atoms. The number of benzene rings is 13. The van der Waals surface area contributed by atoms with Gasteiger partial charge in [-0.15, -0.1) is 0 Å². The van der Waals surface area contributed by atoms with Crippen LogP contribution in [-0.2, 0) is 0 Å². The fourth-order valence-electron chi connectivity index (χ4n) is 10.9. The largest absolute Gasteiger partial charge is 0.0622 e. The normalized spacial score (nSPS) is 11.5. The van der Waals surface area contributed by atoms with Gasteiger partial charge in [0.2, 0.25) is 0 Å². The van der Waals surface area contributed by atoms with Crippen LogP contribution in [0.4, 0.5) is 0 Å². The summed E-state index contributed by atoms with van der Waals surface area (Å²) in [5, 5.41) is 12.4. The Morgan fingerprint density at radius 2 is 0.426 bits per heavy atom. The lowest BCUT2D eigenvalue weighted by Gasteiger charge is -2.25. The zero-order valence-corrected chi connectivity index (χ0v) is 37.4. The molecule has 0 radical (unpaired) electrons. The van der Waals surface area contributed by atoms with Gasteiger partial charge >= 0.3 is 0 Å². The summed E-state index contributed by atoms with van der Waals surface area (Å²) in [6.45, 7) is 0. The highest BCUT2D eigenvalue weighted by Gasteiger charge is 2.25. The Hall–Kier alpha value is -8.84. The van der Waals surface area contributed by atoms with Crippen LogP contribution in [0.15, 0.2) is 267 Å². The minimum absolute atomic E-state index is 1.17. The lowest BCUT2D eigenvalue weighted by atomic mass is 9.78. The summed E-state index contributed by atoms with van der Waals surface area (Å²) in [5.74, 6) is 0. The summed E-state index contributed by atoms with van der Waals surface area (Å²) in [6.07, 6.45) is 0. The summed E-state index contributed by atoms with van der Waals surface area (Å²) >= 11 is 0. The Morgan fingerprint density at radius 1 is 0.132 bits per heavy atom. The molecule has 0 aromatic heterocycles.